The molecule has 1 aromatic rings. The first-order valence-electron chi connectivity index (χ1n) is 6.99. The van der Waals surface area contributed by atoms with Crippen LogP contribution in [0.5, 0.6) is 5.75 Å². The van der Waals surface area contributed by atoms with Crippen LogP contribution in [0.25, 0.3) is 6.08 Å². The number of aliphatic hydroxyl groups is 1. The van der Waals surface area contributed by atoms with Crippen molar-refractivity contribution < 1.29 is 19.4 Å². The van der Waals surface area contributed by atoms with E-state index >= 15 is 0 Å². The second-order valence-corrected chi connectivity index (χ2v) is 5.10. The topological polar surface area (TPSA) is 59.0 Å². The first kappa shape index (κ1) is 15.5. The summed E-state index contributed by atoms with van der Waals surface area (Å²) in [7, 11) is 1.62. The Morgan fingerprint density at radius 1 is 1.43 bits per heavy atom. The highest BCUT2D eigenvalue weighted by molar-refractivity contribution is 5.91. The van der Waals surface area contributed by atoms with E-state index in [0.717, 1.165) is 11.3 Å². The standard InChI is InChI=1S/C16H21NO4/c1-12-9-17(10-15(11-18)21-12)16(19)8-5-13-3-6-14(20-2)7-4-13/h3-8,12,15,18H,9-11H2,1-2H3/b8-5+. The van der Waals surface area contributed by atoms with Crippen molar-refractivity contribution in [3.63, 3.8) is 0 Å². The quantitative estimate of drug-likeness (QED) is 0.850. The van der Waals surface area contributed by atoms with Crippen LogP contribution in [0.1, 0.15) is 12.5 Å². The van der Waals surface area contributed by atoms with Gasteiger partial charge in [0.2, 0.25) is 5.91 Å². The Morgan fingerprint density at radius 3 is 2.76 bits per heavy atom. The van der Waals surface area contributed by atoms with Gasteiger partial charge in [-0.15, -0.1) is 0 Å². The van der Waals surface area contributed by atoms with Crippen molar-refractivity contribution in [1.29, 1.82) is 0 Å². The minimum Gasteiger partial charge on any atom is -0.497 e. The fourth-order valence-corrected chi connectivity index (χ4v) is 2.31. The minimum absolute atomic E-state index is 0.0609. The van der Waals surface area contributed by atoms with Gasteiger partial charge in [0.05, 0.1) is 25.9 Å². The third-order valence-corrected chi connectivity index (χ3v) is 3.38. The van der Waals surface area contributed by atoms with Gasteiger partial charge in [-0.25, -0.2) is 0 Å². The number of carbonyl (C=O) groups is 1. The summed E-state index contributed by atoms with van der Waals surface area (Å²) in [5, 5.41) is 9.17. The van der Waals surface area contributed by atoms with E-state index in [9.17, 15) is 9.90 Å². The number of aliphatic hydroxyl groups excluding tert-OH is 1. The molecule has 0 aliphatic carbocycles. The summed E-state index contributed by atoms with van der Waals surface area (Å²) >= 11 is 0. The molecule has 0 bridgehead atoms. The van der Waals surface area contributed by atoms with Crippen molar-refractivity contribution in [2.24, 2.45) is 0 Å². The molecule has 0 aromatic heterocycles. The zero-order valence-corrected chi connectivity index (χ0v) is 12.4. The Bertz CT molecular complexity index is 498. The zero-order chi connectivity index (χ0) is 15.2. The molecule has 1 aliphatic heterocycles. The average molecular weight is 291 g/mol. The molecule has 2 atom stereocenters. The number of rotatable bonds is 4. The van der Waals surface area contributed by atoms with Gasteiger partial charge in [-0.2, -0.15) is 0 Å². The Labute approximate surface area is 124 Å². The smallest absolute Gasteiger partial charge is 0.246 e. The lowest BCUT2D eigenvalue weighted by Gasteiger charge is -2.35. The lowest BCUT2D eigenvalue weighted by Crippen LogP contribution is -2.49. The van der Waals surface area contributed by atoms with Crippen molar-refractivity contribution in [3.8, 4) is 5.75 Å². The monoisotopic (exact) mass is 291 g/mol. The minimum atomic E-state index is -0.299. The molecule has 5 heteroatoms. The number of hydrogen-bond acceptors (Lipinski definition) is 4. The molecule has 21 heavy (non-hydrogen) atoms. The molecule has 1 heterocycles. The molecule has 1 saturated heterocycles. The molecule has 1 fully saturated rings. The van der Waals surface area contributed by atoms with E-state index in [1.807, 2.05) is 31.2 Å². The van der Waals surface area contributed by atoms with Gasteiger partial charge in [-0.1, -0.05) is 12.1 Å². The lowest BCUT2D eigenvalue weighted by molar-refractivity contribution is -0.142. The second kappa shape index (κ2) is 7.24. The summed E-state index contributed by atoms with van der Waals surface area (Å²) in [6.07, 6.45) is 2.96. The van der Waals surface area contributed by atoms with Crippen LogP contribution < -0.4 is 4.74 Å². The fourth-order valence-electron chi connectivity index (χ4n) is 2.31. The molecule has 1 aliphatic rings. The van der Waals surface area contributed by atoms with Gasteiger partial charge >= 0.3 is 0 Å². The van der Waals surface area contributed by atoms with Crippen LogP contribution in [-0.2, 0) is 9.53 Å². The van der Waals surface area contributed by atoms with Gasteiger partial charge in [0.1, 0.15) is 5.75 Å². The van der Waals surface area contributed by atoms with E-state index in [1.165, 1.54) is 0 Å². The number of methoxy groups -OCH3 is 1. The summed E-state index contributed by atoms with van der Waals surface area (Å²) < 4.78 is 10.6. The van der Waals surface area contributed by atoms with Gasteiger partial charge < -0.3 is 19.5 Å². The molecule has 0 radical (unpaired) electrons. The first-order valence-corrected chi connectivity index (χ1v) is 6.99. The van der Waals surface area contributed by atoms with Crippen molar-refractivity contribution in [1.82, 2.24) is 4.90 Å². The van der Waals surface area contributed by atoms with Crippen LogP contribution >= 0.6 is 0 Å². The highest BCUT2D eigenvalue weighted by Gasteiger charge is 2.26. The van der Waals surface area contributed by atoms with Gasteiger partial charge in [-0.05, 0) is 30.7 Å². The molecule has 1 aromatic carbocycles. The lowest BCUT2D eigenvalue weighted by atomic mass is 10.2. The third kappa shape index (κ3) is 4.31. The molecule has 1 amide bonds. The van der Waals surface area contributed by atoms with Crippen molar-refractivity contribution in [2.75, 3.05) is 26.8 Å². The van der Waals surface area contributed by atoms with Gasteiger partial charge in [-0.3, -0.25) is 4.79 Å². The second-order valence-electron chi connectivity index (χ2n) is 5.10. The van der Waals surface area contributed by atoms with Gasteiger partial charge in [0, 0.05) is 19.2 Å². The van der Waals surface area contributed by atoms with Crippen LogP contribution in [-0.4, -0.2) is 54.9 Å². The van der Waals surface area contributed by atoms with E-state index in [1.54, 1.807) is 24.2 Å². The van der Waals surface area contributed by atoms with Crippen LogP contribution in [0.15, 0.2) is 30.3 Å². The van der Waals surface area contributed by atoms with Crippen molar-refractivity contribution >= 4 is 12.0 Å². The van der Waals surface area contributed by atoms with Crippen LogP contribution in [0.4, 0.5) is 0 Å². The van der Waals surface area contributed by atoms with E-state index in [2.05, 4.69) is 0 Å². The maximum Gasteiger partial charge on any atom is 0.246 e. The summed E-state index contributed by atoms with van der Waals surface area (Å²) in [4.78, 5) is 13.9. The zero-order valence-electron chi connectivity index (χ0n) is 12.4. The fraction of sp³-hybridized carbons (Fsp3) is 0.438. The number of benzene rings is 1. The third-order valence-electron chi connectivity index (χ3n) is 3.38. The summed E-state index contributed by atoms with van der Waals surface area (Å²) in [5.41, 5.74) is 0.934. The number of ether oxygens (including phenoxy) is 2. The van der Waals surface area contributed by atoms with Crippen LogP contribution in [0.2, 0.25) is 0 Å². The summed E-state index contributed by atoms with van der Waals surface area (Å²) in [6.45, 7) is 2.79. The van der Waals surface area contributed by atoms with E-state index in [-0.39, 0.29) is 24.7 Å². The molecule has 2 unspecified atom stereocenters. The molecule has 1 N–H and O–H groups in total. The molecular weight excluding hydrogens is 270 g/mol. The Balaban J connectivity index is 1.97. The molecule has 0 spiro atoms. The Morgan fingerprint density at radius 2 is 2.14 bits per heavy atom. The van der Waals surface area contributed by atoms with Gasteiger partial charge in [0.15, 0.2) is 0 Å². The Hall–Kier alpha value is -1.85. The molecule has 5 nitrogen and oxygen atoms in total. The average Bonchev–Trinajstić information content (AvgIpc) is 2.52. The number of morpholine rings is 1. The van der Waals surface area contributed by atoms with Crippen molar-refractivity contribution in [2.45, 2.75) is 19.1 Å². The first-order chi connectivity index (χ1) is 10.1. The van der Waals surface area contributed by atoms with Crippen molar-refractivity contribution in [3.05, 3.63) is 35.9 Å². The predicted octanol–water partition coefficient (Wildman–Crippen LogP) is 1.32. The summed E-state index contributed by atoms with van der Waals surface area (Å²) in [5.74, 6) is 0.714. The largest absolute Gasteiger partial charge is 0.497 e. The number of nitrogens with zero attached hydrogens (tertiary/aromatic N) is 1. The highest BCUT2D eigenvalue weighted by Crippen LogP contribution is 2.14. The maximum absolute atomic E-state index is 12.2. The van der Waals surface area contributed by atoms with Gasteiger partial charge in [0.25, 0.3) is 0 Å². The van der Waals surface area contributed by atoms with Crippen LogP contribution in [0, 0.1) is 0 Å². The van der Waals surface area contributed by atoms with E-state index in [4.69, 9.17) is 9.47 Å². The maximum atomic E-state index is 12.2. The normalized spacial score (nSPS) is 22.5. The molecule has 0 saturated carbocycles. The number of amides is 1. The summed E-state index contributed by atoms with van der Waals surface area (Å²) in [6, 6.07) is 7.48. The van der Waals surface area contributed by atoms with Crippen LogP contribution in [0.3, 0.4) is 0 Å². The number of hydrogen-bond donors (Lipinski definition) is 1. The highest BCUT2D eigenvalue weighted by atomic mass is 16.5. The predicted molar refractivity (Wildman–Crippen MR) is 80.0 cm³/mol. The van der Waals surface area contributed by atoms with E-state index in [0.29, 0.717) is 13.1 Å². The Kier molecular flexibility index (Phi) is 5.36. The molecular formula is C16H21NO4. The SMILES string of the molecule is COc1ccc(/C=C/C(=O)N2CC(C)OC(CO)C2)cc1. The molecule has 114 valence electrons. The number of carbonyl (C=O) groups excluding carboxylic acids is 1. The molecule has 2 rings (SSSR count). The van der Waals surface area contributed by atoms with E-state index < -0.39 is 0 Å².